The van der Waals surface area contributed by atoms with Crippen LogP contribution < -0.4 is 4.74 Å². The van der Waals surface area contributed by atoms with Gasteiger partial charge in [0.1, 0.15) is 0 Å². The highest BCUT2D eigenvalue weighted by atomic mass is 32.2. The molecule has 29 heavy (non-hydrogen) atoms. The second-order valence-corrected chi connectivity index (χ2v) is 7.21. The number of amidine groups is 1. The largest absolute Gasteiger partial charge is 0.500 e. The van der Waals surface area contributed by atoms with Crippen molar-refractivity contribution in [3.63, 3.8) is 0 Å². The third-order valence-electron chi connectivity index (χ3n) is 4.38. The zero-order valence-electron chi connectivity index (χ0n) is 16.1. The summed E-state index contributed by atoms with van der Waals surface area (Å²) in [5.41, 5.74) is 1.73. The lowest BCUT2D eigenvalue weighted by molar-refractivity contribution is -0.386. The van der Waals surface area contributed by atoms with E-state index in [-0.39, 0.29) is 11.7 Å². The number of hydrogen-bond acceptors (Lipinski definition) is 7. The molecule has 1 fully saturated rings. The Bertz CT molecular complexity index is 1050. The molecule has 150 valence electrons. The molecule has 0 aromatic heterocycles. The van der Waals surface area contributed by atoms with Gasteiger partial charge in [-0.1, -0.05) is 25.1 Å². The highest BCUT2D eigenvalue weighted by Gasteiger charge is 2.31. The number of hydrogen-bond donors (Lipinski definition) is 1. The Morgan fingerprint density at radius 1 is 1.34 bits per heavy atom. The molecule has 1 aliphatic heterocycles. The first-order valence-corrected chi connectivity index (χ1v) is 9.57. The lowest BCUT2D eigenvalue weighted by atomic mass is 10.1. The molecule has 1 saturated heterocycles. The topological polar surface area (TPSA) is 105 Å². The maximum absolute atomic E-state index is 12.6. The van der Waals surface area contributed by atoms with E-state index in [1.165, 1.54) is 42.0 Å². The fourth-order valence-corrected chi connectivity index (χ4v) is 3.80. The van der Waals surface area contributed by atoms with Crippen molar-refractivity contribution in [3.05, 3.63) is 62.5 Å². The van der Waals surface area contributed by atoms with Crippen molar-refractivity contribution in [3.8, 4) is 11.5 Å². The summed E-state index contributed by atoms with van der Waals surface area (Å²) >= 11 is 1.18. The molecular formula is C20H19N3O5S. The number of thioether (sulfide) groups is 1. The van der Waals surface area contributed by atoms with Gasteiger partial charge >= 0.3 is 5.69 Å². The smallest absolute Gasteiger partial charge is 0.315 e. The van der Waals surface area contributed by atoms with Gasteiger partial charge in [0.05, 0.1) is 22.6 Å². The average Bonchev–Trinajstić information content (AvgIpc) is 2.97. The van der Waals surface area contributed by atoms with E-state index >= 15 is 0 Å². The van der Waals surface area contributed by atoms with E-state index in [0.29, 0.717) is 15.6 Å². The van der Waals surface area contributed by atoms with E-state index in [1.54, 1.807) is 7.05 Å². The van der Waals surface area contributed by atoms with Crippen LogP contribution in [-0.2, 0) is 11.2 Å². The molecule has 1 heterocycles. The molecule has 1 amide bonds. The zero-order valence-corrected chi connectivity index (χ0v) is 16.9. The van der Waals surface area contributed by atoms with Crippen molar-refractivity contribution in [1.29, 1.82) is 0 Å². The number of phenolic OH excluding ortho intramolecular Hbond substituents is 1. The third-order valence-corrected chi connectivity index (χ3v) is 5.44. The van der Waals surface area contributed by atoms with E-state index in [2.05, 4.69) is 4.99 Å². The normalized spacial score (nSPS) is 16.7. The number of rotatable bonds is 5. The highest BCUT2D eigenvalue weighted by Crippen LogP contribution is 2.39. The number of nitro benzene ring substituents is 1. The minimum atomic E-state index is -0.704. The molecule has 0 aliphatic carbocycles. The molecule has 0 spiro atoms. The molecule has 3 rings (SSSR count). The van der Waals surface area contributed by atoms with E-state index < -0.39 is 16.4 Å². The van der Waals surface area contributed by atoms with Gasteiger partial charge in [0.2, 0.25) is 5.75 Å². The molecular weight excluding hydrogens is 394 g/mol. The van der Waals surface area contributed by atoms with Crippen LogP contribution in [0.4, 0.5) is 11.4 Å². The molecule has 9 heteroatoms. The van der Waals surface area contributed by atoms with Crippen LogP contribution in [0.15, 0.2) is 46.3 Å². The van der Waals surface area contributed by atoms with Gasteiger partial charge in [-0.15, -0.1) is 0 Å². The second-order valence-electron chi connectivity index (χ2n) is 6.20. The van der Waals surface area contributed by atoms with Gasteiger partial charge in [-0.2, -0.15) is 0 Å². The van der Waals surface area contributed by atoms with Crippen molar-refractivity contribution in [2.75, 3.05) is 14.2 Å². The molecule has 0 unspecified atom stereocenters. The second kappa shape index (κ2) is 8.36. The van der Waals surface area contributed by atoms with Gasteiger partial charge in [-0.25, -0.2) is 4.99 Å². The summed E-state index contributed by atoms with van der Waals surface area (Å²) in [6.07, 6.45) is 2.33. The number of aromatic hydroxyl groups is 1. The van der Waals surface area contributed by atoms with Crippen LogP contribution >= 0.6 is 11.8 Å². The number of nitrogens with zero attached hydrogens (tertiary/aromatic N) is 3. The van der Waals surface area contributed by atoms with Crippen LogP contribution in [0.25, 0.3) is 6.08 Å². The van der Waals surface area contributed by atoms with Crippen LogP contribution in [0, 0.1) is 10.1 Å². The quantitative estimate of drug-likeness (QED) is 0.449. The molecule has 2 aromatic rings. The van der Waals surface area contributed by atoms with E-state index in [1.807, 2.05) is 31.2 Å². The highest BCUT2D eigenvalue weighted by molar-refractivity contribution is 8.18. The number of methoxy groups -OCH3 is 1. The van der Waals surface area contributed by atoms with Crippen molar-refractivity contribution in [2.45, 2.75) is 13.3 Å². The monoisotopic (exact) mass is 413 g/mol. The molecule has 0 bridgehead atoms. The van der Waals surface area contributed by atoms with Crippen LogP contribution in [0.2, 0.25) is 0 Å². The Morgan fingerprint density at radius 2 is 2.07 bits per heavy atom. The standard InChI is InChI=1S/C20H19N3O5S/c1-4-13-7-5-6-8-14(13)21-20-22(2)19(25)17(29-20)11-12-9-15(23(26)27)18(24)16(10-12)28-3/h5-11,24H,4H2,1-3H3/b17-11+,21-20?. The van der Waals surface area contributed by atoms with Gasteiger partial charge in [0.15, 0.2) is 10.9 Å². The lowest BCUT2D eigenvalue weighted by Gasteiger charge is -2.08. The minimum Gasteiger partial charge on any atom is -0.500 e. The van der Waals surface area contributed by atoms with Crippen molar-refractivity contribution in [1.82, 2.24) is 4.90 Å². The number of aliphatic imine (C=N–C) groups is 1. The average molecular weight is 413 g/mol. The fourth-order valence-electron chi connectivity index (χ4n) is 2.82. The summed E-state index contributed by atoms with van der Waals surface area (Å²) in [5, 5.41) is 21.6. The van der Waals surface area contributed by atoms with Crippen molar-refractivity contribution in [2.24, 2.45) is 4.99 Å². The maximum Gasteiger partial charge on any atom is 0.315 e. The predicted molar refractivity (Wildman–Crippen MR) is 113 cm³/mol. The first-order valence-electron chi connectivity index (χ1n) is 8.75. The first-order chi connectivity index (χ1) is 13.8. The number of para-hydroxylation sites is 1. The number of carbonyl (C=O) groups excluding carboxylic acids is 1. The van der Waals surface area contributed by atoms with Crippen LogP contribution in [-0.4, -0.2) is 40.2 Å². The number of ether oxygens (including phenoxy) is 1. The number of likely N-dealkylation sites (N-methyl/N-ethyl adjacent to an activating group) is 1. The lowest BCUT2D eigenvalue weighted by Crippen LogP contribution is -2.23. The Morgan fingerprint density at radius 3 is 2.72 bits per heavy atom. The van der Waals surface area contributed by atoms with Gasteiger partial charge in [0.25, 0.3) is 5.91 Å². The predicted octanol–water partition coefficient (Wildman–Crippen LogP) is 4.11. The van der Waals surface area contributed by atoms with Crippen molar-refractivity contribution >= 4 is 40.3 Å². The first kappa shape index (κ1) is 20.4. The number of carbonyl (C=O) groups is 1. The fraction of sp³-hybridized carbons (Fsp3) is 0.200. The SMILES string of the molecule is CCc1ccccc1N=C1S/C(=C/c2cc(OC)c(O)c([N+](=O)[O-])c2)C(=O)N1C. The summed E-state index contributed by atoms with van der Waals surface area (Å²) in [6, 6.07) is 10.3. The molecule has 1 aliphatic rings. The zero-order chi connectivity index (χ0) is 21.1. The summed E-state index contributed by atoms with van der Waals surface area (Å²) < 4.78 is 5.00. The molecule has 1 N–H and O–H groups in total. The minimum absolute atomic E-state index is 0.0411. The Labute approximate surface area is 171 Å². The third kappa shape index (κ3) is 4.09. The molecule has 8 nitrogen and oxygen atoms in total. The van der Waals surface area contributed by atoms with Crippen LogP contribution in [0.3, 0.4) is 0 Å². The summed E-state index contributed by atoms with van der Waals surface area (Å²) in [4.78, 5) is 29.5. The summed E-state index contributed by atoms with van der Waals surface area (Å²) in [5.74, 6) is -0.862. The number of amides is 1. The van der Waals surface area contributed by atoms with Gasteiger partial charge in [-0.3, -0.25) is 19.8 Å². The van der Waals surface area contributed by atoms with Crippen molar-refractivity contribution < 1.29 is 19.6 Å². The maximum atomic E-state index is 12.6. The Balaban J connectivity index is 2.00. The van der Waals surface area contributed by atoms with Crippen LogP contribution in [0.5, 0.6) is 11.5 Å². The molecule has 0 atom stereocenters. The van der Waals surface area contributed by atoms with Crippen LogP contribution in [0.1, 0.15) is 18.1 Å². The van der Waals surface area contributed by atoms with E-state index in [4.69, 9.17) is 4.74 Å². The van der Waals surface area contributed by atoms with E-state index in [0.717, 1.165) is 17.7 Å². The summed E-state index contributed by atoms with van der Waals surface area (Å²) in [7, 11) is 2.93. The number of benzene rings is 2. The Hall–Kier alpha value is -3.33. The van der Waals surface area contributed by atoms with Gasteiger partial charge in [0, 0.05) is 13.1 Å². The molecule has 2 aromatic carbocycles. The number of aryl methyl sites for hydroxylation is 1. The van der Waals surface area contributed by atoms with Gasteiger partial charge in [-0.05, 0) is 47.5 Å². The number of phenols is 1. The molecule has 0 saturated carbocycles. The summed E-state index contributed by atoms with van der Waals surface area (Å²) in [6.45, 7) is 2.03. The molecule has 0 radical (unpaired) electrons. The Kier molecular flexibility index (Phi) is 5.88. The van der Waals surface area contributed by atoms with Gasteiger partial charge < -0.3 is 9.84 Å². The van der Waals surface area contributed by atoms with E-state index in [9.17, 15) is 20.0 Å². The number of nitro groups is 1.